The molecular weight excluding hydrogens is 1600 g/mol. The van der Waals surface area contributed by atoms with Gasteiger partial charge in [0.25, 0.3) is 0 Å². The molecule has 0 aliphatic heterocycles. The predicted molar refractivity (Wildman–Crippen MR) is 425 cm³/mol. The van der Waals surface area contributed by atoms with Gasteiger partial charge in [0, 0.05) is 42.5 Å². The quantitative estimate of drug-likeness (QED) is 0.0172. The van der Waals surface area contributed by atoms with Crippen molar-refractivity contribution in [1.29, 1.82) is 0 Å². The lowest BCUT2D eigenvalue weighted by Gasteiger charge is -2.13. The van der Waals surface area contributed by atoms with Crippen LogP contribution in [-0.2, 0) is 35.1 Å². The Morgan fingerprint density at radius 2 is 0.942 bits per heavy atom. The third kappa shape index (κ3) is 28.6. The summed E-state index contributed by atoms with van der Waals surface area (Å²) in [6.45, 7) is 14.1. The lowest BCUT2D eigenvalue weighted by Crippen LogP contribution is -2.23. The van der Waals surface area contributed by atoms with Crippen LogP contribution in [0.15, 0.2) is 120 Å². The lowest BCUT2D eigenvalue weighted by atomic mass is 9.94. The number of hydrogen-bond acceptors (Lipinski definition) is 19. The summed E-state index contributed by atoms with van der Waals surface area (Å²) < 4.78 is 13.2. The Balaban J connectivity index is 0.000000240. The average molecular weight is 1680 g/mol. The Kier molecular flexibility index (Phi) is 34.0. The summed E-state index contributed by atoms with van der Waals surface area (Å²) in [5.74, 6) is 19.7. The summed E-state index contributed by atoms with van der Waals surface area (Å²) in [4.78, 5) is 45.4. The van der Waals surface area contributed by atoms with Crippen molar-refractivity contribution in [2.24, 2.45) is 21.7 Å². The number of carboxylic acid groups (broad SMARTS) is 1. The van der Waals surface area contributed by atoms with E-state index < -0.39 is 27.6 Å². The number of aromatic nitrogens is 8. The largest absolute Gasteiger partial charge is 0.481 e. The van der Waals surface area contributed by atoms with Gasteiger partial charge in [0.05, 0.1) is 92.5 Å². The minimum atomic E-state index is -0.917. The molecule has 20 nitrogen and oxygen atoms in total. The number of carboxylic acids is 1. The van der Waals surface area contributed by atoms with Gasteiger partial charge in [0.1, 0.15) is 16.6 Å². The standard InChI is InChI=1S/C25H24Cl2N4O2S.C13H14ClNO2.C12H11ClN4O2S.C12H14ClNO.C7H10O2.C6H5ClIN/c1-25(2,15-32)10-9-16-3-4-19(21(26)11-16)12-20(33)14-34-24-28-29-30-31(24)23-8-7-18(13-22(23)27)17-5-6-17;1-13(2,12(16)17-3)7-6-9-4-5-11(15)10(14)8-9;13-9-5-8(7-1-2-7)3-4-10(9)17-12(14-15-16-17)20-6-11(18)19;1-12(2,8-15)6-5-9-3-4-11(14)10(13)7-9;1-5-7(2,3)6(8)9-4;7-5-3-4(8)1-2-6(5)9/h3-4,7-8,11,13,17,32H,5-6,12,14-15H2,1-2H3;4-5,8H,15H2,1-3H3;3-5,7H,1-2,6H2,(H,18,19);3-4,7,15H,8,14H2,1-2H3;1H,2-4H3;1-3H,9H2. The number of Topliss-reactive ketones (excluding diaryl/α,β-unsaturated/α-hetero) is 1. The monoisotopic (exact) mass is 1680 g/mol. The number of nitrogen functional groups attached to an aromatic ring is 3. The molecular formula is C75H78Cl6IN11O9S2. The van der Waals surface area contributed by atoms with Crippen molar-refractivity contribution in [3.05, 3.63) is 176 Å². The number of benzene rings is 6. The number of rotatable bonds is 16. The Morgan fingerprint density at radius 3 is 1.30 bits per heavy atom. The first-order chi connectivity index (χ1) is 48.9. The van der Waals surface area contributed by atoms with E-state index in [1.54, 1.807) is 74.8 Å². The maximum absolute atomic E-state index is 12.6. The van der Waals surface area contributed by atoms with Crippen LogP contribution in [0.5, 0.6) is 0 Å². The normalized spacial score (nSPS) is 12.1. The van der Waals surface area contributed by atoms with E-state index in [0.29, 0.717) is 86.3 Å². The van der Waals surface area contributed by atoms with Crippen molar-refractivity contribution in [1.82, 2.24) is 40.4 Å². The average Bonchev–Trinajstić information content (AvgIpc) is 1.59. The summed E-state index contributed by atoms with van der Waals surface area (Å²) in [6.07, 6.45) is 10.0. The number of tetrazole rings is 2. The number of carbonyl (C=O) groups is 4. The van der Waals surface area contributed by atoms with E-state index in [9.17, 15) is 24.3 Å². The molecule has 0 radical (unpaired) electrons. The van der Waals surface area contributed by atoms with Crippen LogP contribution in [-0.4, -0.2) is 118 Å². The van der Waals surface area contributed by atoms with Gasteiger partial charge in [-0.25, -0.2) is 0 Å². The molecule has 0 bridgehead atoms. The minimum Gasteiger partial charge on any atom is -0.481 e. The summed E-state index contributed by atoms with van der Waals surface area (Å²) in [6, 6.07) is 33.0. The highest BCUT2D eigenvalue weighted by Crippen LogP contribution is 2.43. The van der Waals surface area contributed by atoms with Gasteiger partial charge >= 0.3 is 17.9 Å². The van der Waals surface area contributed by atoms with Crippen molar-refractivity contribution in [3.63, 3.8) is 0 Å². The molecule has 0 spiro atoms. The summed E-state index contributed by atoms with van der Waals surface area (Å²) >= 11 is 41.1. The van der Waals surface area contributed by atoms with Crippen LogP contribution < -0.4 is 17.2 Å². The van der Waals surface area contributed by atoms with Crippen LogP contribution in [0.25, 0.3) is 11.4 Å². The number of aliphatic hydroxyl groups excluding tert-OH is 2. The Morgan fingerprint density at radius 1 is 0.548 bits per heavy atom. The first kappa shape index (κ1) is 86.9. The molecule has 0 saturated heterocycles. The van der Waals surface area contributed by atoms with Crippen LogP contribution in [0.4, 0.5) is 17.1 Å². The van der Waals surface area contributed by atoms with Crippen molar-refractivity contribution < 1.29 is 44.0 Å². The maximum Gasteiger partial charge on any atom is 0.323 e. The number of aliphatic carboxylic acids is 1. The SMILES string of the molecule is C#CC(C)(C)C(=O)OC.CC(C)(C#Cc1ccc(CC(=O)CSc2nnnn2-c2ccc(C3CC3)cc2Cl)c(Cl)c1)CO.CC(C)(C#Cc1ccc(N)c(Cl)c1)CO.COC(=O)C(C)(C)C#Cc1ccc(N)c(Cl)c1.Nc1ccc(I)cc1Cl.O=C(O)CSc1nnnn1-c1ccc(C2CC2)cc1Cl. The molecule has 2 aliphatic rings. The number of thioether (sulfide) groups is 2. The van der Waals surface area contributed by atoms with Gasteiger partial charge in [-0.2, -0.15) is 9.36 Å². The van der Waals surface area contributed by atoms with Crippen molar-refractivity contribution in [3.8, 4) is 59.2 Å². The molecule has 2 fully saturated rings. The van der Waals surface area contributed by atoms with Gasteiger partial charge in [-0.3, -0.25) is 19.2 Å². The molecule has 29 heteroatoms. The Hall–Kier alpha value is -7.73. The van der Waals surface area contributed by atoms with Crippen LogP contribution in [0.2, 0.25) is 30.1 Å². The van der Waals surface area contributed by atoms with Crippen LogP contribution >= 0.6 is 116 Å². The van der Waals surface area contributed by atoms with Crippen molar-refractivity contribution in [2.45, 2.75) is 110 Å². The summed E-state index contributed by atoms with van der Waals surface area (Å²) in [5.41, 5.74) is 22.6. The zero-order valence-electron chi connectivity index (χ0n) is 58.6. The number of carbonyl (C=O) groups excluding carboxylic acids is 3. The zero-order chi connectivity index (χ0) is 77.3. The molecule has 104 heavy (non-hydrogen) atoms. The molecule has 2 aromatic heterocycles. The number of nitrogens with two attached hydrogens (primary N) is 3. The van der Waals surface area contributed by atoms with Gasteiger partial charge in [-0.05, 0) is 244 Å². The highest BCUT2D eigenvalue weighted by Gasteiger charge is 2.28. The maximum atomic E-state index is 12.6. The Bertz CT molecular complexity index is 4600. The number of ether oxygens (including phenoxy) is 2. The molecule has 2 heterocycles. The van der Waals surface area contributed by atoms with Crippen LogP contribution in [0.1, 0.15) is 126 Å². The number of anilines is 3. The molecule has 8 aromatic rings. The third-order valence-corrected chi connectivity index (χ3v) is 19.1. The van der Waals surface area contributed by atoms with Gasteiger partial charge in [-0.1, -0.05) is 153 Å². The first-order valence-corrected chi connectivity index (χ1v) is 37.0. The third-order valence-electron chi connectivity index (χ3n) is 14.6. The van der Waals surface area contributed by atoms with E-state index in [-0.39, 0.29) is 48.9 Å². The number of nitrogens with zero attached hydrogens (tertiary/aromatic N) is 8. The highest BCUT2D eigenvalue weighted by atomic mass is 127. The van der Waals surface area contributed by atoms with Gasteiger partial charge in [0.15, 0.2) is 0 Å². The van der Waals surface area contributed by atoms with Crippen LogP contribution in [0.3, 0.4) is 0 Å². The van der Waals surface area contributed by atoms with E-state index in [0.717, 1.165) is 32.0 Å². The van der Waals surface area contributed by atoms with E-state index in [2.05, 4.69) is 111 Å². The molecule has 0 atom stereocenters. The van der Waals surface area contributed by atoms with Crippen LogP contribution in [0, 0.1) is 73.1 Å². The molecule has 2 aliphatic carbocycles. The second-order valence-corrected chi connectivity index (χ2v) is 31.1. The fraction of sp³-hybridized carbons (Fsp3) is 0.333. The number of halogens is 7. The number of methoxy groups -OCH3 is 2. The molecule has 10 rings (SSSR count). The van der Waals surface area contributed by atoms with Gasteiger partial charge < -0.3 is 42.0 Å². The van der Waals surface area contributed by atoms with Gasteiger partial charge in [0.2, 0.25) is 10.3 Å². The first-order valence-electron chi connectivity index (χ1n) is 31.7. The predicted octanol–water partition coefficient (Wildman–Crippen LogP) is 15.6. The Labute approximate surface area is 658 Å². The number of esters is 2. The molecule has 0 amide bonds. The molecule has 6 aromatic carbocycles. The number of ketones is 1. The number of hydrogen-bond donors (Lipinski definition) is 6. The smallest absolute Gasteiger partial charge is 0.323 e. The minimum absolute atomic E-state index is 0.00289. The van der Waals surface area contributed by atoms with E-state index in [4.69, 9.17) is 103 Å². The highest BCUT2D eigenvalue weighted by molar-refractivity contribution is 14.1. The number of aliphatic hydroxyl groups is 2. The second kappa shape index (κ2) is 40.7. The number of terminal acetylenes is 1. The summed E-state index contributed by atoms with van der Waals surface area (Å²) in [7, 11) is 2.66. The molecule has 9 N–H and O–H groups in total. The lowest BCUT2D eigenvalue weighted by molar-refractivity contribution is -0.148. The van der Waals surface area contributed by atoms with Gasteiger partial charge in [-0.15, -0.1) is 16.6 Å². The topological polar surface area (TPSA) is 313 Å². The fourth-order valence-electron chi connectivity index (χ4n) is 8.00. The fourth-order valence-corrected chi connectivity index (χ4v) is 11.3. The summed E-state index contributed by atoms with van der Waals surface area (Å²) in [5, 5.41) is 54.3. The van der Waals surface area contributed by atoms with Crippen molar-refractivity contribution >= 4 is 156 Å². The molecule has 2 saturated carbocycles. The second-order valence-electron chi connectivity index (χ2n) is 25.6. The zero-order valence-corrected chi connectivity index (χ0v) is 66.9. The molecule has 548 valence electrons. The van der Waals surface area contributed by atoms with E-state index in [1.807, 2.05) is 88.4 Å². The molecule has 0 unspecified atom stereocenters. The van der Waals surface area contributed by atoms with Crippen molar-refractivity contribution in [2.75, 3.05) is 56.1 Å². The van der Waals surface area contributed by atoms with E-state index >= 15 is 0 Å². The van der Waals surface area contributed by atoms with E-state index in [1.165, 1.54) is 67.5 Å².